The smallest absolute Gasteiger partial charge is 0.261 e. The maximum atomic E-state index is 14.0. The number of hydrogen-bond donors (Lipinski definition) is 2. The molecule has 4 aromatic carbocycles. The molecule has 0 spiro atoms. The van der Waals surface area contributed by atoms with Gasteiger partial charge in [0.15, 0.2) is 0 Å². The van der Waals surface area contributed by atoms with Crippen LogP contribution in [-0.2, 0) is 10.0 Å². The zero-order valence-electron chi connectivity index (χ0n) is 25.9. The Morgan fingerprint density at radius 2 is 1.57 bits per heavy atom. The molecule has 0 saturated carbocycles. The maximum Gasteiger partial charge on any atom is 0.261 e. The van der Waals surface area contributed by atoms with Crippen molar-refractivity contribution in [1.29, 1.82) is 0 Å². The molecule has 0 unspecified atom stereocenters. The van der Waals surface area contributed by atoms with Crippen molar-refractivity contribution < 1.29 is 26.4 Å². The van der Waals surface area contributed by atoms with Crippen LogP contribution in [0.3, 0.4) is 0 Å². The summed E-state index contributed by atoms with van der Waals surface area (Å²) in [6.07, 6.45) is 0. The fourth-order valence-corrected chi connectivity index (χ4v) is 6.33. The molecule has 0 aliphatic carbocycles. The van der Waals surface area contributed by atoms with E-state index in [1.807, 2.05) is 6.92 Å². The summed E-state index contributed by atoms with van der Waals surface area (Å²) < 4.78 is 63.2. The van der Waals surface area contributed by atoms with Gasteiger partial charge in [0, 0.05) is 29.6 Å². The monoisotopic (exact) mass is 656 g/mol. The molecule has 0 bridgehead atoms. The Labute approximate surface area is 268 Å². The van der Waals surface area contributed by atoms with E-state index < -0.39 is 27.8 Å². The van der Waals surface area contributed by atoms with Crippen molar-refractivity contribution >= 4 is 43.5 Å². The summed E-state index contributed by atoms with van der Waals surface area (Å²) in [5, 5.41) is 3.27. The van der Waals surface area contributed by atoms with E-state index in [2.05, 4.69) is 15.0 Å². The summed E-state index contributed by atoms with van der Waals surface area (Å²) in [7, 11) is -2.31. The van der Waals surface area contributed by atoms with Gasteiger partial charge in [-0.15, -0.1) is 0 Å². The van der Waals surface area contributed by atoms with Crippen molar-refractivity contribution in [3.63, 3.8) is 0 Å². The number of benzene rings is 4. The topological polar surface area (TPSA) is 123 Å². The Hall–Kier alpha value is -5.36. The van der Waals surface area contributed by atoms with Crippen molar-refractivity contribution in [3.05, 3.63) is 118 Å². The maximum absolute atomic E-state index is 14.0. The minimum absolute atomic E-state index is 0.168. The van der Waals surface area contributed by atoms with Crippen molar-refractivity contribution in [2.24, 2.45) is 0 Å². The Morgan fingerprint density at radius 3 is 2.21 bits per heavy atom. The number of rotatable bonds is 8. The van der Waals surface area contributed by atoms with E-state index in [0.29, 0.717) is 39.0 Å². The molecule has 240 valence electrons. The highest BCUT2D eigenvalue weighted by atomic mass is 32.2. The molecule has 2 N–H and O–H groups in total. The van der Waals surface area contributed by atoms with Crippen molar-refractivity contribution in [3.8, 4) is 22.5 Å². The summed E-state index contributed by atoms with van der Waals surface area (Å²) in [6, 6.07) is 19.0. The molecule has 6 rings (SSSR count). The lowest BCUT2D eigenvalue weighted by atomic mass is 9.97. The summed E-state index contributed by atoms with van der Waals surface area (Å²) in [5.41, 5.74) is 2.68. The lowest BCUT2D eigenvalue weighted by molar-refractivity contribution is 0.0964. The quantitative estimate of drug-likeness (QED) is 0.186. The van der Waals surface area contributed by atoms with Crippen LogP contribution in [-0.4, -0.2) is 36.7 Å². The van der Waals surface area contributed by atoms with E-state index in [9.17, 15) is 26.8 Å². The SMILES string of the molecule is CCS(=O)(=O)Nc1cc2oc(-c3ccc(F)cc3)c(C(=O)NC)c2cc1-c1ccc2nc(C)n([C@H](C)c3ccc(F)cc3)c(=O)c2c1. The molecule has 47 heavy (non-hydrogen) atoms. The average molecular weight is 657 g/mol. The average Bonchev–Trinajstić information content (AvgIpc) is 3.42. The lowest BCUT2D eigenvalue weighted by Crippen LogP contribution is -2.27. The van der Waals surface area contributed by atoms with Gasteiger partial charge in [-0.1, -0.05) is 18.2 Å². The van der Waals surface area contributed by atoms with Crippen LogP contribution in [0, 0.1) is 18.6 Å². The summed E-state index contributed by atoms with van der Waals surface area (Å²) in [4.78, 5) is 31.9. The van der Waals surface area contributed by atoms with E-state index in [0.717, 1.165) is 0 Å². The molecule has 12 heteroatoms. The van der Waals surface area contributed by atoms with E-state index in [4.69, 9.17) is 4.42 Å². The van der Waals surface area contributed by atoms with Crippen molar-refractivity contribution in [2.45, 2.75) is 26.8 Å². The van der Waals surface area contributed by atoms with Crippen LogP contribution in [0.2, 0.25) is 0 Å². The molecule has 0 aliphatic heterocycles. The van der Waals surface area contributed by atoms with Gasteiger partial charge >= 0.3 is 0 Å². The van der Waals surface area contributed by atoms with Crippen LogP contribution < -0.4 is 15.6 Å². The first-order valence-corrected chi connectivity index (χ1v) is 16.4. The third-order valence-electron chi connectivity index (χ3n) is 8.16. The van der Waals surface area contributed by atoms with Crippen LogP contribution in [0.25, 0.3) is 44.3 Å². The molecule has 1 amide bonds. The summed E-state index contributed by atoms with van der Waals surface area (Å²) in [6.45, 7) is 5.04. The largest absolute Gasteiger partial charge is 0.455 e. The van der Waals surface area contributed by atoms with Gasteiger partial charge in [0.1, 0.15) is 28.8 Å². The first-order valence-electron chi connectivity index (χ1n) is 14.8. The Kier molecular flexibility index (Phi) is 8.14. The number of anilines is 1. The molecule has 6 aromatic rings. The number of fused-ring (bicyclic) bond motifs is 2. The predicted octanol–water partition coefficient (Wildman–Crippen LogP) is 6.79. The lowest BCUT2D eigenvalue weighted by Gasteiger charge is -2.19. The molecule has 0 radical (unpaired) electrons. The minimum Gasteiger partial charge on any atom is -0.455 e. The van der Waals surface area contributed by atoms with Gasteiger partial charge in [0.25, 0.3) is 11.5 Å². The highest BCUT2D eigenvalue weighted by molar-refractivity contribution is 7.92. The summed E-state index contributed by atoms with van der Waals surface area (Å²) >= 11 is 0. The van der Waals surface area contributed by atoms with E-state index in [1.165, 1.54) is 61.0 Å². The second kappa shape index (κ2) is 12.1. The number of nitrogens with zero attached hydrogens (tertiary/aromatic N) is 2. The Bertz CT molecular complexity index is 2350. The predicted molar refractivity (Wildman–Crippen MR) is 178 cm³/mol. The van der Waals surface area contributed by atoms with E-state index in [-0.39, 0.29) is 45.1 Å². The van der Waals surface area contributed by atoms with Gasteiger partial charge in [0.05, 0.1) is 33.9 Å². The number of halogens is 2. The summed E-state index contributed by atoms with van der Waals surface area (Å²) in [5.74, 6) is -0.883. The van der Waals surface area contributed by atoms with Crippen LogP contribution in [0.15, 0.2) is 88.1 Å². The molecular formula is C35H30F2N4O5S. The van der Waals surface area contributed by atoms with Gasteiger partial charge in [0.2, 0.25) is 10.0 Å². The van der Waals surface area contributed by atoms with Crippen LogP contribution in [0.5, 0.6) is 0 Å². The third-order valence-corrected chi connectivity index (χ3v) is 9.45. The van der Waals surface area contributed by atoms with Crippen LogP contribution in [0.4, 0.5) is 14.5 Å². The zero-order valence-corrected chi connectivity index (χ0v) is 26.7. The molecular weight excluding hydrogens is 626 g/mol. The second-order valence-corrected chi connectivity index (χ2v) is 13.1. The Balaban J connectivity index is 1.60. The number of carbonyl (C=O) groups is 1. The first-order chi connectivity index (χ1) is 22.4. The number of nitrogens with one attached hydrogen (secondary N) is 2. The number of aromatic nitrogens is 2. The number of hydrogen-bond acceptors (Lipinski definition) is 6. The molecule has 0 fully saturated rings. The second-order valence-electron chi connectivity index (χ2n) is 11.1. The number of amides is 1. The number of furan rings is 1. The zero-order chi connectivity index (χ0) is 33.6. The van der Waals surface area contributed by atoms with Gasteiger partial charge in [-0.2, -0.15) is 0 Å². The first kappa shape index (κ1) is 31.6. The van der Waals surface area contributed by atoms with Crippen molar-refractivity contribution in [1.82, 2.24) is 14.9 Å². The molecule has 2 aromatic heterocycles. The van der Waals surface area contributed by atoms with Gasteiger partial charge in [-0.05, 0) is 86.5 Å². The number of carbonyl (C=O) groups excluding carboxylic acids is 1. The highest BCUT2D eigenvalue weighted by Gasteiger charge is 2.25. The van der Waals surface area contributed by atoms with E-state index >= 15 is 0 Å². The molecule has 9 nitrogen and oxygen atoms in total. The third kappa shape index (κ3) is 5.87. The van der Waals surface area contributed by atoms with Gasteiger partial charge in [-0.25, -0.2) is 22.2 Å². The van der Waals surface area contributed by atoms with Crippen molar-refractivity contribution in [2.75, 3.05) is 17.5 Å². The van der Waals surface area contributed by atoms with Gasteiger partial charge < -0.3 is 9.73 Å². The normalized spacial score (nSPS) is 12.4. The highest BCUT2D eigenvalue weighted by Crippen LogP contribution is 2.40. The van der Waals surface area contributed by atoms with Crippen LogP contribution in [0.1, 0.15) is 41.6 Å². The Morgan fingerprint density at radius 1 is 0.936 bits per heavy atom. The molecule has 0 aliphatic rings. The standard InChI is InChI=1S/C35H30F2N4O5S/c1-5-47(44,45)40-30-18-31-28(32(34(42)38-4)33(46-31)22-8-13-25(37)14-9-22)17-26(30)23-10-15-29-27(16-23)35(43)41(20(3)39-29)19(2)21-6-11-24(36)12-7-21/h6-19,40H,5H2,1-4H3,(H,38,42)/t19-/m1/s1. The minimum atomic E-state index is -3.78. The molecule has 2 heterocycles. The fraction of sp³-hybridized carbons (Fsp3) is 0.171. The van der Waals surface area contributed by atoms with Crippen LogP contribution >= 0.6 is 0 Å². The van der Waals surface area contributed by atoms with Gasteiger partial charge in [-0.3, -0.25) is 18.9 Å². The van der Waals surface area contributed by atoms with E-state index in [1.54, 1.807) is 43.3 Å². The fourth-order valence-electron chi connectivity index (χ4n) is 5.68. The number of aryl methyl sites for hydroxylation is 1. The molecule has 1 atom stereocenters. The number of sulfonamides is 1. The molecule has 0 saturated heterocycles.